The minimum Gasteiger partial charge on any atom is -0.469 e. The van der Waals surface area contributed by atoms with Gasteiger partial charge in [0.25, 0.3) is 5.91 Å². The molecule has 0 spiro atoms. The second kappa shape index (κ2) is 10.4. The molecule has 4 amide bonds. The number of urea groups is 1. The second-order valence-corrected chi connectivity index (χ2v) is 9.78. The van der Waals surface area contributed by atoms with Crippen LogP contribution >= 0.6 is 0 Å². The number of aromatic nitrogens is 1. The van der Waals surface area contributed by atoms with E-state index in [9.17, 15) is 14.4 Å². The lowest BCUT2D eigenvalue weighted by Crippen LogP contribution is -2.56. The summed E-state index contributed by atoms with van der Waals surface area (Å²) >= 11 is 0. The number of hydrogen-bond donors (Lipinski definition) is 1. The SMILES string of the molecule is CC(C)CCC1(C2CCN(C(=O)CCc3ccco3)CC2)NC(=O)N(Cc2ccccn2)C1=O. The summed E-state index contributed by atoms with van der Waals surface area (Å²) < 4.78 is 5.33. The van der Waals surface area contributed by atoms with E-state index in [0.29, 0.717) is 56.8 Å². The molecule has 0 saturated carbocycles. The van der Waals surface area contributed by atoms with Gasteiger partial charge in [0.1, 0.15) is 11.3 Å². The van der Waals surface area contributed by atoms with Crippen LogP contribution in [0.2, 0.25) is 0 Å². The molecule has 2 aromatic rings. The van der Waals surface area contributed by atoms with Gasteiger partial charge in [0.15, 0.2) is 0 Å². The quantitative estimate of drug-likeness (QED) is 0.568. The topological polar surface area (TPSA) is 95.8 Å². The average Bonchev–Trinajstić information content (AvgIpc) is 3.45. The lowest BCUT2D eigenvalue weighted by atomic mass is 9.73. The Labute approximate surface area is 200 Å². The van der Waals surface area contributed by atoms with Gasteiger partial charge in [-0.3, -0.25) is 19.5 Å². The van der Waals surface area contributed by atoms with Gasteiger partial charge in [-0.05, 0) is 61.8 Å². The molecule has 182 valence electrons. The number of pyridine rings is 1. The molecule has 2 aliphatic rings. The predicted octanol–water partition coefficient (Wildman–Crippen LogP) is 3.77. The van der Waals surface area contributed by atoms with Crippen LogP contribution in [0.15, 0.2) is 47.2 Å². The Balaban J connectivity index is 1.43. The van der Waals surface area contributed by atoms with Gasteiger partial charge in [0.05, 0.1) is 18.5 Å². The van der Waals surface area contributed by atoms with Crippen LogP contribution in [0.4, 0.5) is 4.79 Å². The lowest BCUT2D eigenvalue weighted by molar-refractivity contribution is -0.136. The van der Waals surface area contributed by atoms with Crippen molar-refractivity contribution in [2.24, 2.45) is 11.8 Å². The molecule has 2 fully saturated rings. The van der Waals surface area contributed by atoms with Crippen molar-refractivity contribution in [2.45, 2.75) is 64.5 Å². The van der Waals surface area contributed by atoms with Gasteiger partial charge in [-0.25, -0.2) is 4.79 Å². The number of nitrogens with zero attached hydrogens (tertiary/aromatic N) is 3. The van der Waals surface area contributed by atoms with Crippen molar-refractivity contribution >= 4 is 17.8 Å². The first-order chi connectivity index (χ1) is 16.4. The summed E-state index contributed by atoms with van der Waals surface area (Å²) in [5, 5.41) is 3.09. The number of likely N-dealkylation sites (tertiary alicyclic amines) is 1. The first-order valence-corrected chi connectivity index (χ1v) is 12.2. The third-order valence-corrected chi connectivity index (χ3v) is 7.07. The zero-order chi connectivity index (χ0) is 24.1. The fraction of sp³-hybridized carbons (Fsp3) is 0.538. The average molecular weight is 467 g/mol. The van der Waals surface area contributed by atoms with Crippen molar-refractivity contribution in [1.82, 2.24) is 20.1 Å². The van der Waals surface area contributed by atoms with Crippen LogP contribution in [0.5, 0.6) is 0 Å². The van der Waals surface area contributed by atoms with Crippen molar-refractivity contribution in [3.8, 4) is 0 Å². The van der Waals surface area contributed by atoms with Crippen LogP contribution in [-0.4, -0.2) is 51.3 Å². The monoisotopic (exact) mass is 466 g/mol. The highest BCUT2D eigenvalue weighted by molar-refractivity contribution is 6.07. The molecule has 4 rings (SSSR count). The maximum absolute atomic E-state index is 13.7. The van der Waals surface area contributed by atoms with E-state index in [-0.39, 0.29) is 30.3 Å². The molecule has 2 aliphatic heterocycles. The van der Waals surface area contributed by atoms with Crippen LogP contribution < -0.4 is 5.32 Å². The molecule has 0 bridgehead atoms. The van der Waals surface area contributed by atoms with E-state index in [4.69, 9.17) is 4.42 Å². The van der Waals surface area contributed by atoms with E-state index < -0.39 is 5.54 Å². The third kappa shape index (κ3) is 5.16. The van der Waals surface area contributed by atoms with Crippen molar-refractivity contribution in [3.63, 3.8) is 0 Å². The first-order valence-electron chi connectivity index (χ1n) is 12.2. The minimum absolute atomic E-state index is 0.00874. The molecule has 1 unspecified atom stereocenters. The van der Waals surface area contributed by atoms with Crippen LogP contribution in [0.25, 0.3) is 0 Å². The molecule has 2 saturated heterocycles. The largest absolute Gasteiger partial charge is 0.469 e. The molecule has 1 atom stereocenters. The Bertz CT molecular complexity index is 983. The number of nitrogens with one attached hydrogen (secondary N) is 1. The third-order valence-electron chi connectivity index (χ3n) is 7.07. The highest BCUT2D eigenvalue weighted by Crippen LogP contribution is 2.38. The summed E-state index contributed by atoms with van der Waals surface area (Å²) in [6, 6.07) is 8.84. The predicted molar refractivity (Wildman–Crippen MR) is 126 cm³/mol. The standard InChI is InChI=1S/C26H34N4O4/c1-19(2)10-13-26(24(32)30(25(33)28-26)18-21-6-3-4-14-27-21)20-11-15-29(16-12-20)23(31)9-8-22-7-5-17-34-22/h3-7,14,17,19-20H,8-13,15-16,18H2,1-2H3,(H,28,33). The number of aryl methyl sites for hydroxylation is 1. The molecule has 34 heavy (non-hydrogen) atoms. The van der Waals surface area contributed by atoms with E-state index in [0.717, 1.165) is 12.2 Å². The summed E-state index contributed by atoms with van der Waals surface area (Å²) in [5.74, 6) is 1.15. The number of carbonyl (C=O) groups excluding carboxylic acids is 3. The number of amides is 4. The van der Waals surface area contributed by atoms with E-state index >= 15 is 0 Å². The fourth-order valence-corrected chi connectivity index (χ4v) is 5.07. The van der Waals surface area contributed by atoms with Crippen LogP contribution in [-0.2, 0) is 22.6 Å². The Morgan fingerprint density at radius 1 is 1.21 bits per heavy atom. The summed E-state index contributed by atoms with van der Waals surface area (Å²) in [4.78, 5) is 46.9. The molecule has 4 heterocycles. The molecular formula is C26H34N4O4. The summed E-state index contributed by atoms with van der Waals surface area (Å²) in [6.07, 6.45) is 7.09. The highest BCUT2D eigenvalue weighted by atomic mass is 16.3. The van der Waals surface area contributed by atoms with Crippen molar-refractivity contribution in [2.75, 3.05) is 13.1 Å². The summed E-state index contributed by atoms with van der Waals surface area (Å²) in [5.41, 5.74) is -0.234. The van der Waals surface area contributed by atoms with Crippen LogP contribution in [0.1, 0.15) is 57.4 Å². The molecular weight excluding hydrogens is 432 g/mol. The smallest absolute Gasteiger partial charge is 0.325 e. The van der Waals surface area contributed by atoms with Crippen LogP contribution in [0.3, 0.4) is 0 Å². The number of carbonyl (C=O) groups is 3. The maximum atomic E-state index is 13.7. The van der Waals surface area contributed by atoms with Gasteiger partial charge in [0, 0.05) is 32.1 Å². The maximum Gasteiger partial charge on any atom is 0.325 e. The normalized spacial score (nSPS) is 21.4. The molecule has 8 heteroatoms. The molecule has 0 aromatic carbocycles. The number of imide groups is 1. The molecule has 2 aromatic heterocycles. The summed E-state index contributed by atoms with van der Waals surface area (Å²) in [6.45, 7) is 5.60. The van der Waals surface area contributed by atoms with E-state index in [1.807, 2.05) is 35.2 Å². The summed E-state index contributed by atoms with van der Waals surface area (Å²) in [7, 11) is 0. The zero-order valence-corrected chi connectivity index (χ0v) is 20.0. The van der Waals surface area contributed by atoms with Crippen LogP contribution in [0, 0.1) is 11.8 Å². The Morgan fingerprint density at radius 3 is 2.65 bits per heavy atom. The van der Waals surface area contributed by atoms with Gasteiger partial charge in [-0.15, -0.1) is 0 Å². The van der Waals surface area contributed by atoms with Gasteiger partial charge < -0.3 is 14.6 Å². The highest BCUT2D eigenvalue weighted by Gasteiger charge is 2.55. The zero-order valence-electron chi connectivity index (χ0n) is 20.0. The molecule has 8 nitrogen and oxygen atoms in total. The van der Waals surface area contributed by atoms with Gasteiger partial charge in [-0.2, -0.15) is 0 Å². The minimum atomic E-state index is -0.917. The lowest BCUT2D eigenvalue weighted by Gasteiger charge is -2.41. The van der Waals surface area contributed by atoms with Gasteiger partial charge >= 0.3 is 6.03 Å². The number of furan rings is 1. The molecule has 0 radical (unpaired) electrons. The number of rotatable bonds is 9. The second-order valence-electron chi connectivity index (χ2n) is 9.78. The fourth-order valence-electron chi connectivity index (χ4n) is 5.07. The van der Waals surface area contributed by atoms with E-state index in [1.165, 1.54) is 4.90 Å². The number of piperidine rings is 1. The van der Waals surface area contributed by atoms with Gasteiger partial charge in [0.2, 0.25) is 5.91 Å². The van der Waals surface area contributed by atoms with E-state index in [1.54, 1.807) is 12.5 Å². The Kier molecular flexibility index (Phi) is 7.34. The number of hydrogen-bond acceptors (Lipinski definition) is 5. The molecule has 0 aliphatic carbocycles. The Hall–Kier alpha value is -3.16. The van der Waals surface area contributed by atoms with Crippen molar-refractivity contribution in [3.05, 3.63) is 54.2 Å². The van der Waals surface area contributed by atoms with Gasteiger partial charge in [-0.1, -0.05) is 19.9 Å². The van der Waals surface area contributed by atoms with Crippen molar-refractivity contribution in [1.29, 1.82) is 0 Å². The van der Waals surface area contributed by atoms with Crippen molar-refractivity contribution < 1.29 is 18.8 Å². The first kappa shape index (κ1) is 24.0. The van der Waals surface area contributed by atoms with E-state index in [2.05, 4.69) is 24.1 Å². The molecule has 1 N–H and O–H groups in total. The Morgan fingerprint density at radius 2 is 2.00 bits per heavy atom.